The fourth-order valence-corrected chi connectivity index (χ4v) is 1.37. The van der Waals surface area contributed by atoms with Gasteiger partial charge in [0.05, 0.1) is 6.10 Å². The molecule has 4 N–H and O–H groups in total. The van der Waals surface area contributed by atoms with Gasteiger partial charge in [0.2, 0.25) is 0 Å². The Morgan fingerprint density at radius 1 is 1.38 bits per heavy atom. The molecule has 1 aromatic carbocycles. The van der Waals surface area contributed by atoms with Crippen molar-refractivity contribution in [1.82, 2.24) is 0 Å². The maximum absolute atomic E-state index is 13.3. The Morgan fingerprint density at radius 3 is 2.44 bits per heavy atom. The quantitative estimate of drug-likeness (QED) is 0.536. The van der Waals surface area contributed by atoms with Gasteiger partial charge < -0.3 is 16.2 Å². The summed E-state index contributed by atoms with van der Waals surface area (Å²) >= 11 is 0. The van der Waals surface area contributed by atoms with Gasteiger partial charge in [0, 0.05) is 12.2 Å². The van der Waals surface area contributed by atoms with Gasteiger partial charge in [0.25, 0.3) is 0 Å². The normalized spacial score (nSPS) is 12.5. The third-order valence-corrected chi connectivity index (χ3v) is 2.16. The zero-order chi connectivity index (χ0) is 12.1. The Kier molecular flexibility index (Phi) is 4.49. The van der Waals surface area contributed by atoms with Crippen molar-refractivity contribution in [2.75, 3.05) is 17.6 Å². The molecular formula is C11H16F2N2O. The number of aliphatic hydroxyl groups excluding tert-OH is 1. The number of benzene rings is 1. The third kappa shape index (κ3) is 3.66. The van der Waals surface area contributed by atoms with E-state index >= 15 is 0 Å². The van der Waals surface area contributed by atoms with Crippen LogP contribution in [0.5, 0.6) is 0 Å². The number of rotatable bonds is 5. The zero-order valence-corrected chi connectivity index (χ0v) is 9.13. The predicted molar refractivity (Wildman–Crippen MR) is 60.2 cm³/mol. The summed E-state index contributed by atoms with van der Waals surface area (Å²) in [5.41, 5.74) is 5.17. The highest BCUT2D eigenvalue weighted by Gasteiger charge is 2.09. The highest BCUT2D eigenvalue weighted by molar-refractivity contribution is 5.53. The molecule has 1 unspecified atom stereocenters. The zero-order valence-electron chi connectivity index (χ0n) is 9.13. The number of nitrogens with two attached hydrogens (primary N) is 1. The van der Waals surface area contributed by atoms with E-state index in [1.165, 1.54) is 0 Å². The molecular weight excluding hydrogens is 214 g/mol. The first-order valence-electron chi connectivity index (χ1n) is 5.17. The molecule has 0 amide bonds. The monoisotopic (exact) mass is 230 g/mol. The smallest absolute Gasteiger partial charge is 0.151 e. The summed E-state index contributed by atoms with van der Waals surface area (Å²) in [6.07, 6.45) is 0.828. The molecule has 16 heavy (non-hydrogen) atoms. The van der Waals surface area contributed by atoms with E-state index in [1.54, 1.807) is 6.92 Å². The van der Waals surface area contributed by atoms with E-state index < -0.39 is 17.7 Å². The topological polar surface area (TPSA) is 58.3 Å². The summed E-state index contributed by atoms with van der Waals surface area (Å²) in [5, 5.41) is 11.6. The van der Waals surface area contributed by atoms with Gasteiger partial charge in [-0.2, -0.15) is 0 Å². The molecule has 0 saturated carbocycles. The Bertz CT molecular complexity index is 333. The van der Waals surface area contributed by atoms with Crippen LogP contribution in [0.3, 0.4) is 0 Å². The van der Waals surface area contributed by atoms with Gasteiger partial charge in [0.1, 0.15) is 5.69 Å². The second kappa shape index (κ2) is 5.65. The van der Waals surface area contributed by atoms with Gasteiger partial charge >= 0.3 is 0 Å². The molecule has 90 valence electrons. The Balaban J connectivity index is 2.54. The van der Waals surface area contributed by atoms with Crippen LogP contribution in [0.25, 0.3) is 0 Å². The Morgan fingerprint density at radius 2 is 1.94 bits per heavy atom. The molecule has 0 heterocycles. The number of hydrogen-bond donors (Lipinski definition) is 3. The Labute approximate surface area is 93.3 Å². The van der Waals surface area contributed by atoms with Crippen molar-refractivity contribution in [2.45, 2.75) is 25.9 Å². The lowest BCUT2D eigenvalue weighted by molar-refractivity contribution is 0.183. The molecule has 5 heteroatoms. The van der Waals surface area contributed by atoms with Crippen molar-refractivity contribution in [1.29, 1.82) is 0 Å². The molecule has 0 aliphatic carbocycles. The van der Waals surface area contributed by atoms with Crippen LogP contribution in [0.1, 0.15) is 19.8 Å². The molecule has 0 aliphatic heterocycles. The lowest BCUT2D eigenvalue weighted by atomic mass is 10.2. The predicted octanol–water partition coefficient (Wildman–Crippen LogP) is 2.12. The summed E-state index contributed by atoms with van der Waals surface area (Å²) in [4.78, 5) is 0. The highest BCUT2D eigenvalue weighted by atomic mass is 19.1. The number of aliphatic hydroxyl groups is 1. The molecule has 3 nitrogen and oxygen atoms in total. The van der Waals surface area contributed by atoms with Crippen molar-refractivity contribution in [3.05, 3.63) is 23.8 Å². The van der Waals surface area contributed by atoms with E-state index in [9.17, 15) is 8.78 Å². The van der Waals surface area contributed by atoms with Crippen LogP contribution in [-0.4, -0.2) is 17.8 Å². The summed E-state index contributed by atoms with van der Waals surface area (Å²) in [6.45, 7) is 2.08. The standard InChI is InChI=1S/C11H16F2N2O/c1-7(16)3-2-4-15-11-9(12)5-8(14)6-10(11)13/h5-7,15-16H,2-4,14H2,1H3. The molecule has 1 rings (SSSR count). The maximum Gasteiger partial charge on any atom is 0.151 e. The second-order valence-electron chi connectivity index (χ2n) is 3.78. The maximum atomic E-state index is 13.3. The van der Waals surface area contributed by atoms with E-state index in [1.807, 2.05) is 0 Å². The third-order valence-electron chi connectivity index (χ3n) is 2.16. The number of anilines is 2. The van der Waals surface area contributed by atoms with Crippen molar-refractivity contribution >= 4 is 11.4 Å². The highest BCUT2D eigenvalue weighted by Crippen LogP contribution is 2.21. The van der Waals surface area contributed by atoms with Gasteiger partial charge in [-0.05, 0) is 31.9 Å². The Hall–Kier alpha value is -1.36. The minimum absolute atomic E-state index is 0.0598. The molecule has 1 atom stereocenters. The molecule has 1 aromatic rings. The molecule has 0 saturated heterocycles. The average Bonchev–Trinajstić information content (AvgIpc) is 2.14. The lowest BCUT2D eigenvalue weighted by Gasteiger charge is -2.10. The molecule has 0 aromatic heterocycles. The minimum Gasteiger partial charge on any atom is -0.399 e. The summed E-state index contributed by atoms with van der Waals surface area (Å²) < 4.78 is 26.5. The molecule has 0 fully saturated rings. The fraction of sp³-hybridized carbons (Fsp3) is 0.455. The van der Waals surface area contributed by atoms with E-state index in [0.29, 0.717) is 19.4 Å². The number of halogens is 2. The fourth-order valence-electron chi connectivity index (χ4n) is 1.37. The van der Waals surface area contributed by atoms with Crippen LogP contribution in [0.4, 0.5) is 20.2 Å². The molecule has 0 bridgehead atoms. The van der Waals surface area contributed by atoms with Crippen LogP contribution in [0.15, 0.2) is 12.1 Å². The van der Waals surface area contributed by atoms with Crippen molar-refractivity contribution in [2.24, 2.45) is 0 Å². The summed E-state index contributed by atoms with van der Waals surface area (Å²) in [7, 11) is 0. The van der Waals surface area contributed by atoms with Gasteiger partial charge in [-0.1, -0.05) is 0 Å². The SMILES string of the molecule is CC(O)CCCNc1c(F)cc(N)cc1F. The first-order valence-corrected chi connectivity index (χ1v) is 5.17. The van der Waals surface area contributed by atoms with Gasteiger partial charge in [0.15, 0.2) is 11.6 Å². The van der Waals surface area contributed by atoms with Crippen LogP contribution in [0, 0.1) is 11.6 Å². The molecule has 0 radical (unpaired) electrons. The van der Waals surface area contributed by atoms with Crippen molar-refractivity contribution < 1.29 is 13.9 Å². The van der Waals surface area contributed by atoms with Crippen molar-refractivity contribution in [3.63, 3.8) is 0 Å². The van der Waals surface area contributed by atoms with E-state index in [-0.39, 0.29) is 11.4 Å². The van der Waals surface area contributed by atoms with Crippen LogP contribution < -0.4 is 11.1 Å². The van der Waals surface area contributed by atoms with Crippen LogP contribution in [-0.2, 0) is 0 Å². The van der Waals surface area contributed by atoms with Gasteiger partial charge in [-0.25, -0.2) is 8.78 Å². The molecule has 0 aliphatic rings. The van der Waals surface area contributed by atoms with Crippen LogP contribution in [0.2, 0.25) is 0 Å². The number of hydrogen-bond acceptors (Lipinski definition) is 3. The first kappa shape index (κ1) is 12.7. The molecule has 0 spiro atoms. The average molecular weight is 230 g/mol. The second-order valence-corrected chi connectivity index (χ2v) is 3.78. The largest absolute Gasteiger partial charge is 0.399 e. The van der Waals surface area contributed by atoms with Gasteiger partial charge in [-0.15, -0.1) is 0 Å². The minimum atomic E-state index is -0.699. The van der Waals surface area contributed by atoms with Crippen LogP contribution >= 0.6 is 0 Å². The van der Waals surface area contributed by atoms with Gasteiger partial charge in [-0.3, -0.25) is 0 Å². The van der Waals surface area contributed by atoms with Crippen molar-refractivity contribution in [3.8, 4) is 0 Å². The van der Waals surface area contributed by atoms with E-state index in [4.69, 9.17) is 10.8 Å². The number of nitrogens with one attached hydrogen (secondary N) is 1. The summed E-state index contributed by atoms with van der Waals surface area (Å²) in [6, 6.07) is 2.14. The first-order chi connectivity index (χ1) is 7.50. The van der Waals surface area contributed by atoms with E-state index in [0.717, 1.165) is 12.1 Å². The number of nitrogen functional groups attached to an aromatic ring is 1. The van der Waals surface area contributed by atoms with E-state index in [2.05, 4.69) is 5.32 Å². The lowest BCUT2D eigenvalue weighted by Crippen LogP contribution is -2.09. The summed E-state index contributed by atoms with van der Waals surface area (Å²) in [5.74, 6) is -1.40.